The fraction of sp³-hybridized carbons (Fsp3) is 0.600. The predicted molar refractivity (Wildman–Crippen MR) is 77.0 cm³/mol. The first-order valence-electron chi connectivity index (χ1n) is 6.82. The van der Waals surface area contributed by atoms with Gasteiger partial charge in [-0.05, 0) is 45.1 Å². The molecule has 1 aromatic carbocycles. The molecule has 4 heteroatoms. The molecule has 0 bridgehead atoms. The van der Waals surface area contributed by atoms with Gasteiger partial charge in [-0.2, -0.15) is 0 Å². The molecule has 0 saturated carbocycles. The van der Waals surface area contributed by atoms with E-state index in [-0.39, 0.29) is 0 Å². The van der Waals surface area contributed by atoms with Gasteiger partial charge in [0.1, 0.15) is 11.5 Å². The first kappa shape index (κ1) is 14.2. The largest absolute Gasteiger partial charge is 0.497 e. The van der Waals surface area contributed by atoms with Gasteiger partial charge in [0.15, 0.2) is 0 Å². The zero-order chi connectivity index (χ0) is 13.8. The van der Waals surface area contributed by atoms with Crippen molar-refractivity contribution < 1.29 is 9.47 Å². The average molecular weight is 264 g/mol. The summed E-state index contributed by atoms with van der Waals surface area (Å²) in [6.07, 6.45) is 1.20. The predicted octanol–water partition coefficient (Wildman–Crippen LogP) is 2.06. The monoisotopic (exact) mass is 264 g/mol. The molecule has 19 heavy (non-hydrogen) atoms. The molecule has 1 N–H and O–H groups in total. The lowest BCUT2D eigenvalue weighted by Crippen LogP contribution is -2.35. The van der Waals surface area contributed by atoms with Crippen LogP contribution in [0.5, 0.6) is 11.5 Å². The highest BCUT2D eigenvalue weighted by Gasteiger charge is 2.25. The molecule has 0 aromatic heterocycles. The maximum atomic E-state index is 5.48. The molecule has 1 aliphatic rings. The SMILES string of the molecule is COc1ccc(OC)c(C(C)N(C)C2CCNC2)c1. The van der Waals surface area contributed by atoms with E-state index in [1.807, 2.05) is 12.1 Å². The second-order valence-corrected chi connectivity index (χ2v) is 5.10. The Balaban J connectivity index is 2.22. The summed E-state index contributed by atoms with van der Waals surface area (Å²) in [7, 11) is 5.59. The van der Waals surface area contributed by atoms with Crippen molar-refractivity contribution in [1.82, 2.24) is 10.2 Å². The van der Waals surface area contributed by atoms with Gasteiger partial charge >= 0.3 is 0 Å². The molecular formula is C15H24N2O2. The van der Waals surface area contributed by atoms with Crippen LogP contribution in [0.2, 0.25) is 0 Å². The Morgan fingerprint density at radius 1 is 1.32 bits per heavy atom. The van der Waals surface area contributed by atoms with E-state index in [4.69, 9.17) is 9.47 Å². The summed E-state index contributed by atoms with van der Waals surface area (Å²) in [6.45, 7) is 4.39. The minimum absolute atomic E-state index is 0.301. The van der Waals surface area contributed by atoms with E-state index in [9.17, 15) is 0 Å². The number of likely N-dealkylation sites (N-methyl/N-ethyl adjacent to an activating group) is 1. The number of nitrogens with one attached hydrogen (secondary N) is 1. The topological polar surface area (TPSA) is 33.7 Å². The van der Waals surface area contributed by atoms with E-state index in [0.717, 1.165) is 24.6 Å². The molecule has 0 radical (unpaired) electrons. The first-order chi connectivity index (χ1) is 9.17. The third kappa shape index (κ3) is 3.01. The lowest BCUT2D eigenvalue weighted by atomic mass is 10.0. The molecule has 4 nitrogen and oxygen atoms in total. The molecule has 0 aliphatic carbocycles. The highest BCUT2D eigenvalue weighted by molar-refractivity contribution is 5.42. The molecule has 0 amide bonds. The van der Waals surface area contributed by atoms with Gasteiger partial charge in [0, 0.05) is 24.2 Å². The molecule has 106 valence electrons. The number of hydrogen-bond donors (Lipinski definition) is 1. The molecule has 1 saturated heterocycles. The van der Waals surface area contributed by atoms with Crippen molar-refractivity contribution in [1.29, 1.82) is 0 Å². The summed E-state index contributed by atoms with van der Waals surface area (Å²) in [5.41, 5.74) is 1.18. The van der Waals surface area contributed by atoms with Gasteiger partial charge in [-0.15, -0.1) is 0 Å². The van der Waals surface area contributed by atoms with Crippen LogP contribution in [0.3, 0.4) is 0 Å². The standard InChI is InChI=1S/C15H24N2O2/c1-11(17(2)12-7-8-16-10-12)14-9-13(18-3)5-6-15(14)19-4/h5-6,9,11-12,16H,7-8,10H2,1-4H3. The second-order valence-electron chi connectivity index (χ2n) is 5.10. The number of benzene rings is 1. The first-order valence-corrected chi connectivity index (χ1v) is 6.82. The van der Waals surface area contributed by atoms with Crippen LogP contribution < -0.4 is 14.8 Å². The smallest absolute Gasteiger partial charge is 0.123 e. The van der Waals surface area contributed by atoms with Crippen molar-refractivity contribution >= 4 is 0 Å². The van der Waals surface area contributed by atoms with E-state index in [0.29, 0.717) is 12.1 Å². The third-order valence-corrected chi connectivity index (χ3v) is 4.11. The lowest BCUT2D eigenvalue weighted by Gasteiger charge is -2.31. The number of ether oxygens (including phenoxy) is 2. The van der Waals surface area contributed by atoms with Gasteiger partial charge in [0.25, 0.3) is 0 Å². The Kier molecular flexibility index (Phi) is 4.66. The minimum Gasteiger partial charge on any atom is -0.497 e. The zero-order valence-electron chi connectivity index (χ0n) is 12.3. The Morgan fingerprint density at radius 2 is 2.11 bits per heavy atom. The van der Waals surface area contributed by atoms with Gasteiger partial charge in [-0.3, -0.25) is 4.90 Å². The van der Waals surface area contributed by atoms with Crippen LogP contribution >= 0.6 is 0 Å². The third-order valence-electron chi connectivity index (χ3n) is 4.11. The molecule has 2 unspecified atom stereocenters. The van der Waals surface area contributed by atoms with Crippen LogP contribution in [0.1, 0.15) is 24.9 Å². The van der Waals surface area contributed by atoms with Crippen molar-refractivity contribution in [3.8, 4) is 11.5 Å². The molecule has 2 rings (SSSR count). The molecule has 2 atom stereocenters. The van der Waals surface area contributed by atoms with E-state index >= 15 is 0 Å². The molecule has 0 spiro atoms. The van der Waals surface area contributed by atoms with Gasteiger partial charge < -0.3 is 14.8 Å². The maximum Gasteiger partial charge on any atom is 0.123 e. The summed E-state index contributed by atoms with van der Waals surface area (Å²) in [5.74, 6) is 1.80. The zero-order valence-corrected chi connectivity index (χ0v) is 12.3. The van der Waals surface area contributed by atoms with Crippen LogP contribution in [0.15, 0.2) is 18.2 Å². The number of nitrogens with zero attached hydrogens (tertiary/aromatic N) is 1. The number of methoxy groups -OCH3 is 2. The summed E-state index contributed by atoms with van der Waals surface area (Å²) in [5, 5.41) is 3.41. The van der Waals surface area contributed by atoms with Crippen LogP contribution in [-0.2, 0) is 0 Å². The van der Waals surface area contributed by atoms with Crippen LogP contribution in [0.25, 0.3) is 0 Å². The second kappa shape index (κ2) is 6.26. The highest BCUT2D eigenvalue weighted by Crippen LogP contribution is 2.33. The lowest BCUT2D eigenvalue weighted by molar-refractivity contribution is 0.193. The normalized spacial score (nSPS) is 20.6. The van der Waals surface area contributed by atoms with Crippen molar-refractivity contribution in [3.05, 3.63) is 23.8 Å². The molecule has 1 aromatic rings. The Hall–Kier alpha value is -1.26. The highest BCUT2D eigenvalue weighted by atomic mass is 16.5. The van der Waals surface area contributed by atoms with Crippen LogP contribution in [0, 0.1) is 0 Å². The van der Waals surface area contributed by atoms with Gasteiger partial charge in [0.05, 0.1) is 14.2 Å². The molecule has 1 fully saturated rings. The molecule has 1 heterocycles. The molecule has 1 aliphatic heterocycles. The Labute approximate surface area is 115 Å². The van der Waals surface area contributed by atoms with Crippen LogP contribution in [0.4, 0.5) is 0 Å². The van der Waals surface area contributed by atoms with Crippen molar-refractivity contribution in [2.45, 2.75) is 25.4 Å². The van der Waals surface area contributed by atoms with Crippen molar-refractivity contribution in [2.24, 2.45) is 0 Å². The van der Waals surface area contributed by atoms with E-state index < -0.39 is 0 Å². The fourth-order valence-corrected chi connectivity index (χ4v) is 2.69. The Bertz CT molecular complexity index is 417. The molecular weight excluding hydrogens is 240 g/mol. The Morgan fingerprint density at radius 3 is 2.68 bits per heavy atom. The summed E-state index contributed by atoms with van der Waals surface area (Å²) in [4.78, 5) is 2.41. The van der Waals surface area contributed by atoms with Gasteiger partial charge in [-0.1, -0.05) is 0 Å². The van der Waals surface area contributed by atoms with Crippen molar-refractivity contribution in [2.75, 3.05) is 34.4 Å². The van der Waals surface area contributed by atoms with E-state index in [1.165, 1.54) is 12.0 Å². The number of hydrogen-bond acceptors (Lipinski definition) is 4. The quantitative estimate of drug-likeness (QED) is 0.882. The number of rotatable bonds is 5. The van der Waals surface area contributed by atoms with Gasteiger partial charge in [0.2, 0.25) is 0 Å². The summed E-state index contributed by atoms with van der Waals surface area (Å²) < 4.78 is 10.8. The van der Waals surface area contributed by atoms with Crippen molar-refractivity contribution in [3.63, 3.8) is 0 Å². The fourth-order valence-electron chi connectivity index (χ4n) is 2.69. The van der Waals surface area contributed by atoms with Crippen LogP contribution in [-0.4, -0.2) is 45.3 Å². The van der Waals surface area contributed by atoms with E-state index in [1.54, 1.807) is 14.2 Å². The maximum absolute atomic E-state index is 5.48. The van der Waals surface area contributed by atoms with Gasteiger partial charge in [-0.25, -0.2) is 0 Å². The summed E-state index contributed by atoms with van der Waals surface area (Å²) >= 11 is 0. The minimum atomic E-state index is 0.301. The van der Waals surface area contributed by atoms with E-state index in [2.05, 4.69) is 30.3 Å². The summed E-state index contributed by atoms with van der Waals surface area (Å²) in [6, 6.07) is 6.88. The average Bonchev–Trinajstić information content (AvgIpc) is 2.99.